The molecular weight excluding hydrogens is 389 g/mol. The Balaban J connectivity index is 0.00000182. The van der Waals surface area contributed by atoms with Gasteiger partial charge >= 0.3 is 0 Å². The van der Waals surface area contributed by atoms with Gasteiger partial charge in [0.15, 0.2) is 0 Å². The second-order valence-corrected chi connectivity index (χ2v) is 5.99. The lowest BCUT2D eigenvalue weighted by atomic mass is 10.1. The third kappa shape index (κ3) is 6.99. The van der Waals surface area contributed by atoms with E-state index in [0.717, 1.165) is 17.0 Å². The van der Waals surface area contributed by atoms with Gasteiger partial charge in [-0.15, -0.1) is 24.8 Å². The highest BCUT2D eigenvalue weighted by atomic mass is 35.5. The van der Waals surface area contributed by atoms with Crippen LogP contribution in [0.3, 0.4) is 0 Å². The summed E-state index contributed by atoms with van der Waals surface area (Å²) in [7, 11) is 0. The van der Waals surface area contributed by atoms with E-state index in [-0.39, 0.29) is 42.8 Å². The number of hydrogen-bond acceptors (Lipinski definition) is 5. The van der Waals surface area contributed by atoms with Crippen LogP contribution in [-0.2, 0) is 16.1 Å². The molecule has 1 aliphatic heterocycles. The zero-order chi connectivity index (χ0) is 17.5. The van der Waals surface area contributed by atoms with Crippen molar-refractivity contribution in [2.24, 2.45) is 0 Å². The standard InChI is InChI=1S/C19H23N3O3.2ClH/c1-14(22-19(23)18-13-24-10-9-21-18)15-5-4-7-17(11-15)25-12-16-6-2-3-8-20-16;;/h2-8,11,14,18,21H,9-10,12-13H2,1H3,(H,22,23);2*1H. The molecule has 1 amide bonds. The van der Waals surface area contributed by atoms with Crippen molar-refractivity contribution in [3.63, 3.8) is 0 Å². The fourth-order valence-corrected chi connectivity index (χ4v) is 2.65. The average Bonchev–Trinajstić information content (AvgIpc) is 2.68. The number of aromatic nitrogens is 1. The zero-order valence-electron chi connectivity index (χ0n) is 15.1. The van der Waals surface area contributed by atoms with Crippen LogP contribution in [0.1, 0.15) is 24.2 Å². The second-order valence-electron chi connectivity index (χ2n) is 5.99. The van der Waals surface area contributed by atoms with E-state index in [1.54, 1.807) is 6.20 Å². The molecule has 3 rings (SSSR count). The zero-order valence-corrected chi connectivity index (χ0v) is 16.7. The number of carbonyl (C=O) groups is 1. The van der Waals surface area contributed by atoms with Crippen LogP contribution in [0.2, 0.25) is 0 Å². The molecule has 2 atom stereocenters. The van der Waals surface area contributed by atoms with Gasteiger partial charge in [0.05, 0.1) is 24.9 Å². The molecule has 1 fully saturated rings. The smallest absolute Gasteiger partial charge is 0.240 e. The lowest BCUT2D eigenvalue weighted by molar-refractivity contribution is -0.126. The molecule has 27 heavy (non-hydrogen) atoms. The van der Waals surface area contributed by atoms with Crippen LogP contribution in [-0.4, -0.2) is 36.7 Å². The maximum absolute atomic E-state index is 12.3. The SMILES string of the molecule is CC(NC(=O)C1COCCN1)c1cccc(OCc2ccccn2)c1.Cl.Cl. The van der Waals surface area contributed by atoms with Crippen molar-refractivity contribution in [3.05, 3.63) is 59.9 Å². The number of nitrogens with zero attached hydrogens (tertiary/aromatic N) is 1. The Labute approximate surface area is 171 Å². The fraction of sp³-hybridized carbons (Fsp3) is 0.368. The van der Waals surface area contributed by atoms with Gasteiger partial charge in [-0.05, 0) is 36.8 Å². The molecule has 1 aliphatic rings. The van der Waals surface area contributed by atoms with E-state index in [2.05, 4.69) is 15.6 Å². The number of ether oxygens (including phenoxy) is 2. The Kier molecular flexibility index (Phi) is 10.1. The molecular formula is C19H25Cl2N3O3. The van der Waals surface area contributed by atoms with Crippen LogP contribution >= 0.6 is 24.8 Å². The third-order valence-electron chi connectivity index (χ3n) is 4.07. The summed E-state index contributed by atoms with van der Waals surface area (Å²) < 4.78 is 11.1. The lowest BCUT2D eigenvalue weighted by Crippen LogP contribution is -2.51. The van der Waals surface area contributed by atoms with E-state index >= 15 is 0 Å². The fourth-order valence-electron chi connectivity index (χ4n) is 2.65. The van der Waals surface area contributed by atoms with E-state index in [4.69, 9.17) is 9.47 Å². The highest BCUT2D eigenvalue weighted by molar-refractivity contribution is 5.85. The number of hydrogen-bond donors (Lipinski definition) is 2. The first-order chi connectivity index (χ1) is 12.2. The molecule has 0 spiro atoms. The second kappa shape index (κ2) is 11.8. The van der Waals surface area contributed by atoms with Gasteiger partial charge in [-0.25, -0.2) is 0 Å². The summed E-state index contributed by atoms with van der Waals surface area (Å²) >= 11 is 0. The molecule has 6 nitrogen and oxygen atoms in total. The number of amides is 1. The first-order valence-corrected chi connectivity index (χ1v) is 8.46. The van der Waals surface area contributed by atoms with Crippen molar-refractivity contribution in [1.29, 1.82) is 0 Å². The maximum atomic E-state index is 12.3. The van der Waals surface area contributed by atoms with Crippen molar-refractivity contribution in [2.75, 3.05) is 19.8 Å². The number of rotatable bonds is 6. The summed E-state index contributed by atoms with van der Waals surface area (Å²) in [6, 6.07) is 13.1. The molecule has 2 heterocycles. The maximum Gasteiger partial charge on any atom is 0.240 e. The molecule has 1 aromatic heterocycles. The largest absolute Gasteiger partial charge is 0.487 e. The summed E-state index contributed by atoms with van der Waals surface area (Å²) in [5.41, 5.74) is 1.86. The van der Waals surface area contributed by atoms with Crippen LogP contribution in [0.5, 0.6) is 5.75 Å². The van der Waals surface area contributed by atoms with Gasteiger partial charge in [0.1, 0.15) is 18.4 Å². The van der Waals surface area contributed by atoms with Crippen LogP contribution in [0.25, 0.3) is 0 Å². The number of morpholine rings is 1. The van der Waals surface area contributed by atoms with Crippen molar-refractivity contribution in [2.45, 2.75) is 25.6 Å². The number of benzene rings is 1. The van der Waals surface area contributed by atoms with E-state index < -0.39 is 0 Å². The monoisotopic (exact) mass is 413 g/mol. The molecule has 0 aliphatic carbocycles. The van der Waals surface area contributed by atoms with E-state index in [0.29, 0.717) is 26.4 Å². The van der Waals surface area contributed by atoms with E-state index in [1.165, 1.54) is 0 Å². The summed E-state index contributed by atoms with van der Waals surface area (Å²) in [6.45, 7) is 4.12. The number of carbonyl (C=O) groups excluding carboxylic acids is 1. The molecule has 0 radical (unpaired) electrons. The normalized spacial score (nSPS) is 17.0. The molecule has 1 aromatic carbocycles. The van der Waals surface area contributed by atoms with Gasteiger partial charge in [-0.1, -0.05) is 18.2 Å². The molecule has 1 saturated heterocycles. The highest BCUT2D eigenvalue weighted by Gasteiger charge is 2.22. The van der Waals surface area contributed by atoms with E-state index in [1.807, 2.05) is 49.4 Å². The Bertz CT molecular complexity index is 698. The Morgan fingerprint density at radius 2 is 2.19 bits per heavy atom. The van der Waals surface area contributed by atoms with Crippen LogP contribution in [0.4, 0.5) is 0 Å². The molecule has 2 aromatic rings. The highest BCUT2D eigenvalue weighted by Crippen LogP contribution is 2.20. The Morgan fingerprint density at radius 3 is 2.89 bits per heavy atom. The van der Waals surface area contributed by atoms with Gasteiger partial charge in [-0.3, -0.25) is 9.78 Å². The quantitative estimate of drug-likeness (QED) is 0.761. The van der Waals surface area contributed by atoms with Gasteiger partial charge in [0.25, 0.3) is 0 Å². The third-order valence-corrected chi connectivity index (χ3v) is 4.07. The molecule has 0 bridgehead atoms. The lowest BCUT2D eigenvalue weighted by Gasteiger charge is -2.25. The summed E-state index contributed by atoms with van der Waals surface area (Å²) in [6.07, 6.45) is 1.75. The minimum Gasteiger partial charge on any atom is -0.487 e. The van der Waals surface area contributed by atoms with Crippen molar-refractivity contribution in [1.82, 2.24) is 15.6 Å². The minimum atomic E-state index is -0.292. The molecule has 0 saturated carbocycles. The Hall–Kier alpha value is -1.86. The molecule has 148 valence electrons. The summed E-state index contributed by atoms with van der Waals surface area (Å²) in [5, 5.41) is 6.17. The van der Waals surface area contributed by atoms with Gasteiger partial charge in [0.2, 0.25) is 5.91 Å². The predicted molar refractivity (Wildman–Crippen MR) is 109 cm³/mol. The topological polar surface area (TPSA) is 72.5 Å². The minimum absolute atomic E-state index is 0. The van der Waals surface area contributed by atoms with E-state index in [9.17, 15) is 4.79 Å². The van der Waals surface area contributed by atoms with Crippen molar-refractivity contribution < 1.29 is 14.3 Å². The molecule has 2 N–H and O–H groups in total. The number of nitrogens with one attached hydrogen (secondary N) is 2. The van der Waals surface area contributed by atoms with Gasteiger partial charge < -0.3 is 20.1 Å². The van der Waals surface area contributed by atoms with Crippen LogP contribution in [0, 0.1) is 0 Å². The van der Waals surface area contributed by atoms with Gasteiger partial charge in [-0.2, -0.15) is 0 Å². The molecule has 2 unspecified atom stereocenters. The number of pyridine rings is 1. The van der Waals surface area contributed by atoms with Crippen molar-refractivity contribution in [3.8, 4) is 5.75 Å². The van der Waals surface area contributed by atoms with Crippen molar-refractivity contribution >= 4 is 30.7 Å². The Morgan fingerprint density at radius 1 is 1.33 bits per heavy atom. The summed E-state index contributed by atoms with van der Waals surface area (Å²) in [5.74, 6) is 0.704. The first-order valence-electron chi connectivity index (χ1n) is 8.46. The number of halogens is 2. The summed E-state index contributed by atoms with van der Waals surface area (Å²) in [4.78, 5) is 16.5. The predicted octanol–water partition coefficient (Wildman–Crippen LogP) is 2.67. The molecule has 8 heteroatoms. The van der Waals surface area contributed by atoms with Crippen LogP contribution in [0.15, 0.2) is 48.7 Å². The average molecular weight is 414 g/mol. The first kappa shape index (κ1) is 23.2. The van der Waals surface area contributed by atoms with Gasteiger partial charge in [0, 0.05) is 12.7 Å². The van der Waals surface area contributed by atoms with Crippen LogP contribution < -0.4 is 15.4 Å².